The van der Waals surface area contributed by atoms with Crippen LogP contribution in [0.3, 0.4) is 0 Å². The molecule has 7 nitrogen and oxygen atoms in total. The van der Waals surface area contributed by atoms with Crippen LogP contribution in [-0.4, -0.2) is 31.2 Å². The molecule has 28 heavy (non-hydrogen) atoms. The Bertz CT molecular complexity index is 942. The van der Waals surface area contributed by atoms with Crippen molar-refractivity contribution in [3.8, 4) is 17.3 Å². The predicted octanol–water partition coefficient (Wildman–Crippen LogP) is 3.49. The van der Waals surface area contributed by atoms with Crippen molar-refractivity contribution in [3.63, 3.8) is 0 Å². The zero-order valence-electron chi connectivity index (χ0n) is 16.3. The molecule has 1 atom stereocenters. The van der Waals surface area contributed by atoms with Crippen molar-refractivity contribution in [3.05, 3.63) is 60.3 Å². The van der Waals surface area contributed by atoms with E-state index in [1.165, 1.54) is 0 Å². The lowest BCUT2D eigenvalue weighted by molar-refractivity contribution is 0.294. The van der Waals surface area contributed by atoms with Gasteiger partial charge in [0.1, 0.15) is 23.9 Å². The first kappa shape index (κ1) is 18.3. The highest BCUT2D eigenvalue weighted by atomic mass is 16.5. The summed E-state index contributed by atoms with van der Waals surface area (Å²) in [7, 11) is 1.91. The molecule has 0 saturated carbocycles. The van der Waals surface area contributed by atoms with E-state index in [-0.39, 0.29) is 0 Å². The van der Waals surface area contributed by atoms with Gasteiger partial charge in [0.05, 0.1) is 12.8 Å². The van der Waals surface area contributed by atoms with E-state index in [2.05, 4.69) is 22.3 Å². The molecule has 0 spiro atoms. The first-order chi connectivity index (χ1) is 13.7. The van der Waals surface area contributed by atoms with Gasteiger partial charge in [-0.2, -0.15) is 9.78 Å². The molecule has 3 aromatic rings. The Morgan fingerprint density at radius 2 is 1.89 bits per heavy atom. The van der Waals surface area contributed by atoms with Crippen LogP contribution in [0.4, 0.5) is 0 Å². The third-order valence-corrected chi connectivity index (χ3v) is 4.79. The molecule has 7 heteroatoms. The number of aryl methyl sites for hydroxylation is 1. The molecule has 4 rings (SSSR count). The topological polar surface area (TPSA) is 67.0 Å². The molecule has 0 N–H and O–H groups in total. The van der Waals surface area contributed by atoms with Crippen LogP contribution in [0.1, 0.15) is 31.4 Å². The largest absolute Gasteiger partial charge is 0.494 e. The zero-order valence-corrected chi connectivity index (χ0v) is 16.3. The molecular weight excluding hydrogens is 354 g/mol. The second kappa shape index (κ2) is 8.29. The molecule has 2 heterocycles. The van der Waals surface area contributed by atoms with Gasteiger partial charge >= 0.3 is 0 Å². The van der Waals surface area contributed by atoms with Crippen molar-refractivity contribution < 1.29 is 9.47 Å². The smallest absolute Gasteiger partial charge is 0.188 e. The maximum atomic E-state index is 5.88. The Labute approximate surface area is 164 Å². The average molecular weight is 379 g/mol. The average Bonchev–Trinajstić information content (AvgIpc) is 3.44. The first-order valence-corrected chi connectivity index (χ1v) is 9.68. The number of aromatic nitrogens is 5. The number of ether oxygens (including phenoxy) is 2. The lowest BCUT2D eigenvalue weighted by Crippen LogP contribution is -2.11. The molecule has 0 fully saturated rings. The zero-order chi connectivity index (χ0) is 19.3. The van der Waals surface area contributed by atoms with Crippen LogP contribution in [0.2, 0.25) is 0 Å². The third-order valence-electron chi connectivity index (χ3n) is 4.79. The summed E-state index contributed by atoms with van der Waals surface area (Å²) >= 11 is 0. The van der Waals surface area contributed by atoms with Crippen molar-refractivity contribution >= 4 is 0 Å². The summed E-state index contributed by atoms with van der Waals surface area (Å²) in [5.74, 6) is 4.60. The second-order valence-corrected chi connectivity index (χ2v) is 6.83. The highest BCUT2D eigenvalue weighted by molar-refractivity contribution is 5.31. The minimum atomic E-state index is 0.312. The Morgan fingerprint density at radius 1 is 1.11 bits per heavy atom. The summed E-state index contributed by atoms with van der Waals surface area (Å²) in [6.45, 7) is 2.93. The monoisotopic (exact) mass is 379 g/mol. The van der Waals surface area contributed by atoms with Crippen LogP contribution in [0.5, 0.6) is 11.5 Å². The number of nitrogens with zero attached hydrogens (tertiary/aromatic N) is 5. The molecule has 1 aromatic carbocycles. The van der Waals surface area contributed by atoms with E-state index in [0.717, 1.165) is 42.4 Å². The summed E-state index contributed by atoms with van der Waals surface area (Å²) in [6.07, 6.45) is 9.45. The predicted molar refractivity (Wildman–Crippen MR) is 106 cm³/mol. The molecule has 0 aliphatic heterocycles. The van der Waals surface area contributed by atoms with Gasteiger partial charge in [0.25, 0.3) is 0 Å². The molecular formula is C21H25N5O2. The fourth-order valence-electron chi connectivity index (χ4n) is 3.39. The van der Waals surface area contributed by atoms with Gasteiger partial charge in [0.2, 0.25) is 0 Å². The number of hydrogen-bond donors (Lipinski definition) is 0. The van der Waals surface area contributed by atoms with Crippen LogP contribution >= 0.6 is 0 Å². The number of benzene rings is 1. The standard InChI is InChI=1S/C21H25N5O2/c1-3-27-17-8-10-18(11-9-17)28-15-19-23-20(14-16-6-4-5-7-16)26(24-19)21-12-13-22-25(21)2/h4,6,8-13,16H,3,5,7,14-15H2,1-2H3. The Kier molecular flexibility index (Phi) is 5.41. The fourth-order valence-corrected chi connectivity index (χ4v) is 3.39. The van der Waals surface area contributed by atoms with Crippen LogP contribution in [0.25, 0.3) is 5.82 Å². The maximum Gasteiger partial charge on any atom is 0.188 e. The molecule has 0 bridgehead atoms. The van der Waals surface area contributed by atoms with Crippen LogP contribution in [-0.2, 0) is 20.1 Å². The van der Waals surface area contributed by atoms with E-state index in [1.807, 2.05) is 49.0 Å². The van der Waals surface area contributed by atoms with Crippen LogP contribution in [0, 0.1) is 5.92 Å². The van der Waals surface area contributed by atoms with Crippen LogP contribution in [0.15, 0.2) is 48.7 Å². The highest BCUT2D eigenvalue weighted by Crippen LogP contribution is 2.23. The summed E-state index contributed by atoms with van der Waals surface area (Å²) < 4.78 is 15.0. The molecule has 0 radical (unpaired) electrons. The van der Waals surface area contributed by atoms with E-state index in [9.17, 15) is 0 Å². The van der Waals surface area contributed by atoms with Crippen LogP contribution < -0.4 is 9.47 Å². The van der Waals surface area contributed by atoms with Crippen molar-refractivity contribution in [2.24, 2.45) is 13.0 Å². The second-order valence-electron chi connectivity index (χ2n) is 6.83. The van der Waals surface area contributed by atoms with Crippen molar-refractivity contribution in [1.29, 1.82) is 0 Å². The highest BCUT2D eigenvalue weighted by Gasteiger charge is 2.19. The van der Waals surface area contributed by atoms with Crippen molar-refractivity contribution in [2.75, 3.05) is 6.61 Å². The summed E-state index contributed by atoms with van der Waals surface area (Å²) in [5.41, 5.74) is 0. The Hall–Kier alpha value is -3.09. The Balaban J connectivity index is 1.51. The number of hydrogen-bond acceptors (Lipinski definition) is 5. The van der Waals surface area contributed by atoms with Gasteiger partial charge in [-0.15, -0.1) is 5.10 Å². The molecule has 2 aromatic heterocycles. The number of allylic oxidation sites excluding steroid dienone is 2. The lowest BCUT2D eigenvalue weighted by Gasteiger charge is -2.09. The first-order valence-electron chi connectivity index (χ1n) is 9.68. The van der Waals surface area contributed by atoms with E-state index in [4.69, 9.17) is 14.5 Å². The fraction of sp³-hybridized carbons (Fsp3) is 0.381. The van der Waals surface area contributed by atoms with Gasteiger partial charge in [-0.25, -0.2) is 4.98 Å². The van der Waals surface area contributed by atoms with Crippen molar-refractivity contribution in [2.45, 2.75) is 32.8 Å². The molecule has 1 aliphatic carbocycles. The third kappa shape index (κ3) is 4.08. The summed E-state index contributed by atoms with van der Waals surface area (Å²) in [4.78, 5) is 4.76. The quantitative estimate of drug-likeness (QED) is 0.561. The molecule has 0 amide bonds. The number of rotatable bonds is 8. The minimum Gasteiger partial charge on any atom is -0.494 e. The van der Waals surface area contributed by atoms with Gasteiger partial charge < -0.3 is 9.47 Å². The van der Waals surface area contributed by atoms with E-state index >= 15 is 0 Å². The van der Waals surface area contributed by atoms with Gasteiger partial charge in [-0.05, 0) is 49.9 Å². The SMILES string of the molecule is CCOc1ccc(OCc2nc(CC3C=CCC3)n(-c3ccnn3C)n2)cc1. The molecule has 0 saturated heterocycles. The summed E-state index contributed by atoms with van der Waals surface area (Å²) in [6, 6.07) is 9.54. The van der Waals surface area contributed by atoms with Gasteiger partial charge in [0.15, 0.2) is 11.6 Å². The van der Waals surface area contributed by atoms with Crippen molar-refractivity contribution in [1.82, 2.24) is 24.5 Å². The maximum absolute atomic E-state index is 5.88. The normalized spacial score (nSPS) is 15.9. The van der Waals surface area contributed by atoms with Gasteiger partial charge in [0, 0.05) is 19.5 Å². The van der Waals surface area contributed by atoms with E-state index < -0.39 is 0 Å². The van der Waals surface area contributed by atoms with E-state index in [1.54, 1.807) is 10.9 Å². The lowest BCUT2D eigenvalue weighted by atomic mass is 10.1. The van der Waals surface area contributed by atoms with Gasteiger partial charge in [-0.3, -0.25) is 4.68 Å². The molecule has 146 valence electrons. The van der Waals surface area contributed by atoms with E-state index in [0.29, 0.717) is 25.0 Å². The van der Waals surface area contributed by atoms with Gasteiger partial charge in [-0.1, -0.05) is 12.2 Å². The molecule has 1 aliphatic rings. The minimum absolute atomic E-state index is 0.312. The molecule has 1 unspecified atom stereocenters. The Morgan fingerprint density at radius 3 is 2.54 bits per heavy atom. The summed E-state index contributed by atoms with van der Waals surface area (Å²) in [5, 5.41) is 8.95.